The van der Waals surface area contributed by atoms with Crippen molar-refractivity contribution in [1.82, 2.24) is 5.32 Å². The lowest BCUT2D eigenvalue weighted by Crippen LogP contribution is -2.36. The van der Waals surface area contributed by atoms with Crippen molar-refractivity contribution in [3.8, 4) is 11.5 Å². The molecule has 0 aliphatic heterocycles. The van der Waals surface area contributed by atoms with Crippen LogP contribution in [0, 0.1) is 6.92 Å². The van der Waals surface area contributed by atoms with Crippen molar-refractivity contribution in [3.63, 3.8) is 0 Å². The van der Waals surface area contributed by atoms with Crippen LogP contribution in [0.25, 0.3) is 0 Å². The number of rotatable bonds is 8. The van der Waals surface area contributed by atoms with Gasteiger partial charge in [0.25, 0.3) is 0 Å². The molecule has 0 aromatic heterocycles. The van der Waals surface area contributed by atoms with E-state index in [1.165, 1.54) is 30.4 Å². The summed E-state index contributed by atoms with van der Waals surface area (Å²) in [6.45, 7) is 9.85. The van der Waals surface area contributed by atoms with Gasteiger partial charge in [-0.25, -0.2) is 0 Å². The highest BCUT2D eigenvalue weighted by Gasteiger charge is 2.09. The van der Waals surface area contributed by atoms with E-state index in [1.807, 2.05) is 0 Å². The maximum Gasteiger partial charge on any atom is 0.161 e. The molecule has 120 valence electrons. The Bertz CT molecular complexity index is 436. The van der Waals surface area contributed by atoms with Crippen LogP contribution < -0.4 is 14.8 Å². The van der Waals surface area contributed by atoms with E-state index < -0.39 is 0 Å². The number of ether oxygens (including phenoxy) is 2. The Morgan fingerprint density at radius 1 is 0.952 bits per heavy atom. The first-order valence-electron chi connectivity index (χ1n) is 7.84. The standard InChI is InChI=1S/C18H31NO2/c1-14-12-16(20-5)17(21-6)13-15(14)10-8-7-9-11-19-18(2,3)4/h12-13,19H,7-11H2,1-6H3. The van der Waals surface area contributed by atoms with Gasteiger partial charge in [0.1, 0.15) is 0 Å². The summed E-state index contributed by atoms with van der Waals surface area (Å²) in [5.41, 5.74) is 2.86. The Hall–Kier alpha value is -1.22. The van der Waals surface area contributed by atoms with Crippen molar-refractivity contribution in [3.05, 3.63) is 23.3 Å². The van der Waals surface area contributed by atoms with Gasteiger partial charge in [-0.1, -0.05) is 6.42 Å². The molecule has 0 unspecified atom stereocenters. The molecule has 1 aromatic rings. The van der Waals surface area contributed by atoms with E-state index >= 15 is 0 Å². The second-order valence-electron chi connectivity index (χ2n) is 6.62. The first kappa shape index (κ1) is 17.8. The van der Waals surface area contributed by atoms with Gasteiger partial charge < -0.3 is 14.8 Å². The lowest BCUT2D eigenvalue weighted by molar-refractivity contribution is 0.354. The normalized spacial score (nSPS) is 11.5. The quantitative estimate of drug-likeness (QED) is 0.732. The molecular formula is C18H31NO2. The number of hydrogen-bond donors (Lipinski definition) is 1. The van der Waals surface area contributed by atoms with Crippen LogP contribution in [-0.4, -0.2) is 26.3 Å². The third-order valence-corrected chi connectivity index (χ3v) is 3.62. The topological polar surface area (TPSA) is 30.5 Å². The number of hydrogen-bond acceptors (Lipinski definition) is 3. The van der Waals surface area contributed by atoms with Crippen molar-refractivity contribution in [2.75, 3.05) is 20.8 Å². The number of benzene rings is 1. The molecule has 0 bridgehead atoms. The van der Waals surface area contributed by atoms with Crippen LogP contribution in [0.3, 0.4) is 0 Å². The van der Waals surface area contributed by atoms with Crippen LogP contribution in [0.1, 0.15) is 51.2 Å². The molecule has 0 aliphatic carbocycles. The summed E-state index contributed by atoms with van der Waals surface area (Å²) >= 11 is 0. The molecule has 1 aromatic carbocycles. The minimum atomic E-state index is 0.222. The van der Waals surface area contributed by atoms with Gasteiger partial charge in [-0.05, 0) is 76.8 Å². The molecule has 0 saturated carbocycles. The fraction of sp³-hybridized carbons (Fsp3) is 0.667. The maximum atomic E-state index is 5.38. The van der Waals surface area contributed by atoms with Gasteiger partial charge in [-0.3, -0.25) is 0 Å². The van der Waals surface area contributed by atoms with Gasteiger partial charge in [-0.2, -0.15) is 0 Å². The number of methoxy groups -OCH3 is 2. The van der Waals surface area contributed by atoms with Crippen molar-refractivity contribution in [2.24, 2.45) is 0 Å². The number of aryl methyl sites for hydroxylation is 2. The van der Waals surface area contributed by atoms with Gasteiger partial charge in [0.2, 0.25) is 0 Å². The molecule has 0 aliphatic rings. The molecule has 0 spiro atoms. The molecule has 0 heterocycles. The first-order chi connectivity index (χ1) is 9.87. The van der Waals surface area contributed by atoms with Crippen LogP contribution >= 0.6 is 0 Å². The molecule has 21 heavy (non-hydrogen) atoms. The van der Waals surface area contributed by atoms with E-state index in [9.17, 15) is 0 Å². The Balaban J connectivity index is 2.42. The highest BCUT2D eigenvalue weighted by Crippen LogP contribution is 2.30. The Morgan fingerprint density at radius 2 is 1.57 bits per heavy atom. The predicted molar refractivity (Wildman–Crippen MR) is 89.6 cm³/mol. The zero-order valence-electron chi connectivity index (χ0n) is 14.5. The van der Waals surface area contributed by atoms with Crippen LogP contribution in [-0.2, 0) is 6.42 Å². The fourth-order valence-electron chi connectivity index (χ4n) is 2.37. The largest absolute Gasteiger partial charge is 0.493 e. The van der Waals surface area contributed by atoms with E-state index in [0.29, 0.717) is 0 Å². The number of nitrogens with one attached hydrogen (secondary N) is 1. The highest BCUT2D eigenvalue weighted by molar-refractivity contribution is 5.47. The second kappa shape index (κ2) is 8.28. The summed E-state index contributed by atoms with van der Waals surface area (Å²) in [6.07, 6.45) is 4.78. The van der Waals surface area contributed by atoms with Gasteiger partial charge in [0.05, 0.1) is 14.2 Å². The SMILES string of the molecule is COc1cc(C)c(CCCCCNC(C)(C)C)cc1OC. The molecule has 0 amide bonds. The molecule has 0 saturated heterocycles. The molecule has 1 N–H and O–H groups in total. The molecule has 0 atom stereocenters. The smallest absolute Gasteiger partial charge is 0.161 e. The van der Waals surface area contributed by atoms with Crippen molar-refractivity contribution in [2.45, 2.75) is 58.9 Å². The van der Waals surface area contributed by atoms with Crippen molar-refractivity contribution < 1.29 is 9.47 Å². The molecule has 1 rings (SSSR count). The fourth-order valence-corrected chi connectivity index (χ4v) is 2.37. The maximum absolute atomic E-state index is 5.38. The van der Waals surface area contributed by atoms with Gasteiger partial charge in [0.15, 0.2) is 11.5 Å². The third kappa shape index (κ3) is 6.38. The van der Waals surface area contributed by atoms with E-state index in [-0.39, 0.29) is 5.54 Å². The Morgan fingerprint density at radius 3 is 2.14 bits per heavy atom. The highest BCUT2D eigenvalue weighted by atomic mass is 16.5. The summed E-state index contributed by atoms with van der Waals surface area (Å²) in [4.78, 5) is 0. The van der Waals surface area contributed by atoms with Crippen molar-refractivity contribution >= 4 is 0 Å². The van der Waals surface area contributed by atoms with E-state index in [4.69, 9.17) is 9.47 Å². The molecule has 3 nitrogen and oxygen atoms in total. The molecule has 0 fully saturated rings. The van der Waals surface area contributed by atoms with Crippen LogP contribution in [0.4, 0.5) is 0 Å². The van der Waals surface area contributed by atoms with Crippen molar-refractivity contribution in [1.29, 1.82) is 0 Å². The molecular weight excluding hydrogens is 262 g/mol. The molecule has 3 heteroatoms. The van der Waals surface area contributed by atoms with Crippen LogP contribution in [0.5, 0.6) is 11.5 Å². The van der Waals surface area contributed by atoms with Gasteiger partial charge in [-0.15, -0.1) is 0 Å². The van der Waals surface area contributed by atoms with Crippen LogP contribution in [0.2, 0.25) is 0 Å². The summed E-state index contributed by atoms with van der Waals surface area (Å²) in [6, 6.07) is 4.18. The average molecular weight is 293 g/mol. The summed E-state index contributed by atoms with van der Waals surface area (Å²) < 4.78 is 10.7. The van der Waals surface area contributed by atoms with Gasteiger partial charge >= 0.3 is 0 Å². The first-order valence-corrected chi connectivity index (χ1v) is 7.84. The zero-order chi connectivity index (χ0) is 15.9. The monoisotopic (exact) mass is 293 g/mol. The van der Waals surface area contributed by atoms with Crippen LogP contribution in [0.15, 0.2) is 12.1 Å². The van der Waals surface area contributed by atoms with Gasteiger partial charge in [0, 0.05) is 5.54 Å². The molecule has 0 radical (unpaired) electrons. The van der Waals surface area contributed by atoms with E-state index in [1.54, 1.807) is 14.2 Å². The second-order valence-corrected chi connectivity index (χ2v) is 6.62. The Labute approximate surface area is 130 Å². The summed E-state index contributed by atoms with van der Waals surface area (Å²) in [5.74, 6) is 1.64. The average Bonchev–Trinajstić information content (AvgIpc) is 2.42. The summed E-state index contributed by atoms with van der Waals surface area (Å²) in [7, 11) is 3.37. The number of unbranched alkanes of at least 4 members (excludes halogenated alkanes) is 2. The van der Waals surface area contributed by atoms with E-state index in [2.05, 4.69) is 45.1 Å². The Kier molecular flexibility index (Phi) is 7.03. The van der Waals surface area contributed by atoms with E-state index in [0.717, 1.165) is 24.5 Å². The predicted octanol–water partition coefficient (Wildman–Crippen LogP) is 4.11. The third-order valence-electron chi connectivity index (χ3n) is 3.62. The zero-order valence-corrected chi connectivity index (χ0v) is 14.5. The summed E-state index contributed by atoms with van der Waals surface area (Å²) in [5, 5.41) is 3.53. The minimum absolute atomic E-state index is 0.222. The minimum Gasteiger partial charge on any atom is -0.493 e. The lowest BCUT2D eigenvalue weighted by atomic mass is 10.0. The lowest BCUT2D eigenvalue weighted by Gasteiger charge is -2.20.